The van der Waals surface area contributed by atoms with E-state index >= 15 is 0 Å². The Morgan fingerprint density at radius 3 is 2.74 bits per heavy atom. The van der Waals surface area contributed by atoms with Gasteiger partial charge in [0.25, 0.3) is 0 Å². The lowest BCUT2D eigenvalue weighted by molar-refractivity contribution is 0.657. The lowest BCUT2D eigenvalue weighted by atomic mass is 10.1. The zero-order valence-corrected chi connectivity index (χ0v) is 15.2. The number of benzene rings is 3. The Labute approximate surface area is 157 Å². The van der Waals surface area contributed by atoms with E-state index in [9.17, 15) is 0 Å². The van der Waals surface area contributed by atoms with Crippen molar-refractivity contribution in [2.75, 3.05) is 24.5 Å². The molecule has 0 unspecified atom stereocenters. The summed E-state index contributed by atoms with van der Waals surface area (Å²) in [4.78, 5) is 11.8. The molecular formula is C23H21N3O. The highest BCUT2D eigenvalue weighted by Gasteiger charge is 2.14. The van der Waals surface area contributed by atoms with Crippen LogP contribution in [0.4, 0.5) is 5.69 Å². The lowest BCUT2D eigenvalue weighted by Gasteiger charge is -2.17. The van der Waals surface area contributed by atoms with Crippen LogP contribution in [-0.4, -0.2) is 24.6 Å². The maximum atomic E-state index is 6.24. The smallest absolute Gasteiger partial charge is 0.155 e. The first-order valence-corrected chi connectivity index (χ1v) is 9.45. The molecule has 0 amide bonds. The van der Waals surface area contributed by atoms with Gasteiger partial charge in [-0.15, -0.1) is 6.58 Å². The fraction of sp³-hybridized carbons (Fsp3) is 0.217. The minimum absolute atomic E-state index is 0.607. The SMILES string of the molecule is C=CCN=c1ccc2ccc3oc4cc(N5CCCC5)ccc4nc3c2c1. The third kappa shape index (κ3) is 2.87. The summed E-state index contributed by atoms with van der Waals surface area (Å²) in [7, 11) is 0. The van der Waals surface area contributed by atoms with Gasteiger partial charge < -0.3 is 9.32 Å². The molecule has 1 saturated heterocycles. The van der Waals surface area contributed by atoms with E-state index < -0.39 is 0 Å². The summed E-state index contributed by atoms with van der Waals surface area (Å²) < 4.78 is 6.24. The number of rotatable bonds is 3. The molecule has 1 aliphatic rings. The molecular weight excluding hydrogens is 334 g/mol. The normalized spacial score (nSPS) is 15.3. The number of nitrogens with zero attached hydrogens (tertiary/aromatic N) is 3. The van der Waals surface area contributed by atoms with Crippen molar-refractivity contribution >= 4 is 38.7 Å². The van der Waals surface area contributed by atoms with Crippen LogP contribution in [-0.2, 0) is 0 Å². The summed E-state index contributed by atoms with van der Waals surface area (Å²) in [6.07, 6.45) is 4.32. The van der Waals surface area contributed by atoms with Crippen molar-refractivity contribution in [2.45, 2.75) is 12.8 Å². The summed E-state index contributed by atoms with van der Waals surface area (Å²) in [5, 5.41) is 3.13. The van der Waals surface area contributed by atoms with Gasteiger partial charge >= 0.3 is 0 Å². The average molecular weight is 355 g/mol. The van der Waals surface area contributed by atoms with E-state index in [0.717, 1.165) is 51.4 Å². The third-order valence-corrected chi connectivity index (χ3v) is 5.21. The molecule has 1 fully saturated rings. The van der Waals surface area contributed by atoms with Crippen LogP contribution in [0.2, 0.25) is 0 Å². The van der Waals surface area contributed by atoms with Crippen molar-refractivity contribution in [3.8, 4) is 0 Å². The Kier molecular flexibility index (Phi) is 3.89. The molecule has 0 bridgehead atoms. The van der Waals surface area contributed by atoms with E-state index in [-0.39, 0.29) is 0 Å². The Morgan fingerprint density at radius 2 is 1.89 bits per heavy atom. The number of anilines is 1. The molecule has 4 heteroatoms. The van der Waals surface area contributed by atoms with Gasteiger partial charge in [-0.05, 0) is 48.6 Å². The van der Waals surface area contributed by atoms with Crippen LogP contribution in [0.5, 0.6) is 0 Å². The van der Waals surface area contributed by atoms with Gasteiger partial charge in [-0.2, -0.15) is 0 Å². The Hall–Kier alpha value is -3.14. The van der Waals surface area contributed by atoms with E-state index in [1.807, 2.05) is 12.1 Å². The molecule has 0 saturated carbocycles. The molecule has 0 spiro atoms. The minimum Gasteiger partial charge on any atom is -0.453 e. The molecule has 0 atom stereocenters. The van der Waals surface area contributed by atoms with Gasteiger partial charge in [0.2, 0.25) is 0 Å². The largest absolute Gasteiger partial charge is 0.453 e. The summed E-state index contributed by atoms with van der Waals surface area (Å²) >= 11 is 0. The fourth-order valence-electron chi connectivity index (χ4n) is 3.83. The molecule has 1 aromatic heterocycles. The zero-order chi connectivity index (χ0) is 18.2. The first-order valence-electron chi connectivity index (χ1n) is 9.45. The maximum Gasteiger partial charge on any atom is 0.155 e. The number of aromatic nitrogens is 1. The predicted octanol–water partition coefficient (Wildman–Crippen LogP) is 4.82. The van der Waals surface area contributed by atoms with E-state index in [1.54, 1.807) is 6.08 Å². The van der Waals surface area contributed by atoms with Crippen LogP contribution in [0.3, 0.4) is 0 Å². The first-order chi connectivity index (χ1) is 13.3. The monoisotopic (exact) mass is 355 g/mol. The molecule has 1 aliphatic heterocycles. The second-order valence-electron chi connectivity index (χ2n) is 7.01. The molecule has 4 aromatic rings. The van der Waals surface area contributed by atoms with Crippen molar-refractivity contribution in [1.29, 1.82) is 0 Å². The van der Waals surface area contributed by atoms with Gasteiger partial charge in [-0.1, -0.05) is 18.2 Å². The quantitative estimate of drug-likeness (QED) is 0.300. The Balaban J connectivity index is 1.71. The predicted molar refractivity (Wildman–Crippen MR) is 111 cm³/mol. The van der Waals surface area contributed by atoms with Gasteiger partial charge in [0.1, 0.15) is 11.0 Å². The Bertz CT molecular complexity index is 1230. The van der Waals surface area contributed by atoms with Gasteiger partial charge in [0, 0.05) is 30.2 Å². The molecule has 2 heterocycles. The van der Waals surface area contributed by atoms with E-state index in [2.05, 4.69) is 52.9 Å². The molecule has 27 heavy (non-hydrogen) atoms. The van der Waals surface area contributed by atoms with Crippen LogP contribution < -0.4 is 10.3 Å². The first kappa shape index (κ1) is 16.1. The highest BCUT2D eigenvalue weighted by molar-refractivity contribution is 6.04. The van der Waals surface area contributed by atoms with Gasteiger partial charge in [0.15, 0.2) is 11.2 Å². The van der Waals surface area contributed by atoms with E-state index in [1.165, 1.54) is 18.5 Å². The van der Waals surface area contributed by atoms with Crippen molar-refractivity contribution in [3.63, 3.8) is 0 Å². The molecule has 3 aromatic carbocycles. The number of fused-ring (bicyclic) bond motifs is 4. The van der Waals surface area contributed by atoms with Gasteiger partial charge in [0.05, 0.1) is 11.9 Å². The van der Waals surface area contributed by atoms with Crippen LogP contribution in [0.1, 0.15) is 12.8 Å². The van der Waals surface area contributed by atoms with Crippen molar-refractivity contribution in [1.82, 2.24) is 4.98 Å². The van der Waals surface area contributed by atoms with Crippen molar-refractivity contribution in [3.05, 3.63) is 66.5 Å². The average Bonchev–Trinajstić information content (AvgIpc) is 3.25. The highest BCUT2D eigenvalue weighted by Crippen LogP contribution is 2.29. The van der Waals surface area contributed by atoms with Crippen LogP contribution in [0.15, 0.2) is 70.6 Å². The second-order valence-corrected chi connectivity index (χ2v) is 7.01. The van der Waals surface area contributed by atoms with Crippen molar-refractivity contribution < 1.29 is 4.42 Å². The maximum absolute atomic E-state index is 6.24. The summed E-state index contributed by atoms with van der Waals surface area (Å²) in [6.45, 7) is 6.58. The van der Waals surface area contributed by atoms with Crippen molar-refractivity contribution in [2.24, 2.45) is 4.99 Å². The fourth-order valence-corrected chi connectivity index (χ4v) is 3.83. The highest BCUT2D eigenvalue weighted by atomic mass is 16.3. The topological polar surface area (TPSA) is 41.6 Å². The van der Waals surface area contributed by atoms with Gasteiger partial charge in [-0.25, -0.2) is 4.98 Å². The molecule has 0 aliphatic carbocycles. The standard InChI is InChI=1S/C23H21N3O/c1-2-11-24-17-7-5-16-6-10-21-23(19(16)14-17)25-20-9-8-18(15-22(20)27-21)26-12-3-4-13-26/h2,5-10,14-15H,1,3-4,11-13H2. The number of hydrogen-bond donors (Lipinski definition) is 0. The van der Waals surface area contributed by atoms with Crippen LogP contribution in [0.25, 0.3) is 33.0 Å². The zero-order valence-electron chi connectivity index (χ0n) is 15.2. The number of hydrogen-bond acceptors (Lipinski definition) is 4. The molecule has 0 N–H and O–H groups in total. The second kappa shape index (κ2) is 6.54. The van der Waals surface area contributed by atoms with Crippen LogP contribution in [0, 0.1) is 0 Å². The minimum atomic E-state index is 0.607. The van der Waals surface area contributed by atoms with E-state index in [0.29, 0.717) is 6.54 Å². The summed E-state index contributed by atoms with van der Waals surface area (Å²) in [6, 6.07) is 16.6. The molecule has 0 radical (unpaired) electrons. The van der Waals surface area contributed by atoms with E-state index in [4.69, 9.17) is 9.40 Å². The Morgan fingerprint density at radius 1 is 1.04 bits per heavy atom. The summed E-state index contributed by atoms with van der Waals surface area (Å²) in [5.74, 6) is 0. The van der Waals surface area contributed by atoms with Gasteiger partial charge in [-0.3, -0.25) is 4.99 Å². The lowest BCUT2D eigenvalue weighted by Crippen LogP contribution is -2.17. The summed E-state index contributed by atoms with van der Waals surface area (Å²) in [5.41, 5.74) is 4.61. The molecule has 5 rings (SSSR count). The van der Waals surface area contributed by atoms with Crippen LogP contribution >= 0.6 is 0 Å². The third-order valence-electron chi connectivity index (χ3n) is 5.21. The molecule has 134 valence electrons. The molecule has 4 nitrogen and oxygen atoms in total.